The van der Waals surface area contributed by atoms with Crippen molar-refractivity contribution in [3.63, 3.8) is 0 Å². The van der Waals surface area contributed by atoms with Crippen molar-refractivity contribution in [3.8, 4) is 0 Å². The number of hydrogen-bond acceptors (Lipinski definition) is 4. The summed E-state index contributed by atoms with van der Waals surface area (Å²) < 4.78 is 43.3. The molecule has 1 fully saturated rings. The van der Waals surface area contributed by atoms with E-state index in [-0.39, 0.29) is 10.0 Å². The second kappa shape index (κ2) is 6.15. The minimum absolute atomic E-state index is 0.181. The molecular weight excluding hydrogens is 338 g/mol. The molecule has 0 spiro atoms. The van der Waals surface area contributed by atoms with Gasteiger partial charge in [-0.2, -0.15) is 0 Å². The summed E-state index contributed by atoms with van der Waals surface area (Å²) in [4.78, 5) is 11.1. The first kappa shape index (κ1) is 15.3. The normalized spacial score (nSPS) is 16.4. The van der Waals surface area contributed by atoms with Crippen LogP contribution in [0.2, 0.25) is 0 Å². The second-order valence-corrected chi connectivity index (χ2v) is 5.03. The minimum Gasteiger partial charge on any atom is -0.469 e. The molecule has 4 nitrogen and oxygen atoms in total. The van der Waals surface area contributed by atoms with Crippen molar-refractivity contribution >= 4 is 21.9 Å². The Bertz CT molecular complexity index is 501. The van der Waals surface area contributed by atoms with Gasteiger partial charge in [0.2, 0.25) is 0 Å². The maximum atomic E-state index is 14.1. The largest absolute Gasteiger partial charge is 0.469 e. The first-order chi connectivity index (χ1) is 9.45. The van der Waals surface area contributed by atoms with Crippen LogP contribution in [0.3, 0.4) is 0 Å². The standard InChI is InChI=1S/C13H13BrF2O4/c1-18-10(17)7-13(15,16)9-4-2-3-8(11(9)14)12-19-5-6-20-12/h2-4,12H,5-7H2,1H3. The fraction of sp³-hybridized carbons (Fsp3) is 0.462. The molecule has 0 aromatic heterocycles. The van der Waals surface area contributed by atoms with Gasteiger partial charge < -0.3 is 14.2 Å². The van der Waals surface area contributed by atoms with Crippen LogP contribution in [0.1, 0.15) is 23.8 Å². The molecule has 1 heterocycles. The molecule has 0 radical (unpaired) electrons. The number of ether oxygens (including phenoxy) is 3. The van der Waals surface area contributed by atoms with E-state index < -0.39 is 24.6 Å². The molecule has 20 heavy (non-hydrogen) atoms. The molecule has 1 aliphatic rings. The number of alkyl halides is 2. The van der Waals surface area contributed by atoms with Crippen molar-refractivity contribution in [1.82, 2.24) is 0 Å². The molecule has 0 unspecified atom stereocenters. The van der Waals surface area contributed by atoms with Gasteiger partial charge in [-0.05, 0) is 15.9 Å². The summed E-state index contributed by atoms with van der Waals surface area (Å²) in [6.45, 7) is 0.833. The fourth-order valence-electron chi connectivity index (χ4n) is 1.90. The van der Waals surface area contributed by atoms with Crippen LogP contribution in [-0.4, -0.2) is 26.3 Å². The maximum Gasteiger partial charge on any atom is 0.312 e. The monoisotopic (exact) mass is 350 g/mol. The number of methoxy groups -OCH3 is 1. The van der Waals surface area contributed by atoms with Crippen molar-refractivity contribution in [1.29, 1.82) is 0 Å². The van der Waals surface area contributed by atoms with Crippen LogP contribution in [0, 0.1) is 0 Å². The number of halogens is 3. The van der Waals surface area contributed by atoms with E-state index in [9.17, 15) is 13.6 Å². The van der Waals surface area contributed by atoms with Gasteiger partial charge in [0, 0.05) is 15.6 Å². The van der Waals surface area contributed by atoms with Crippen molar-refractivity contribution in [2.24, 2.45) is 0 Å². The highest BCUT2D eigenvalue weighted by molar-refractivity contribution is 9.10. The van der Waals surface area contributed by atoms with Gasteiger partial charge in [-0.25, -0.2) is 8.78 Å². The van der Waals surface area contributed by atoms with E-state index in [4.69, 9.17) is 9.47 Å². The molecule has 0 bridgehead atoms. The third kappa shape index (κ3) is 3.16. The van der Waals surface area contributed by atoms with Crippen LogP contribution >= 0.6 is 15.9 Å². The van der Waals surface area contributed by atoms with Crippen LogP contribution in [0.25, 0.3) is 0 Å². The molecular formula is C13H13BrF2O4. The molecule has 1 aromatic carbocycles. The lowest BCUT2D eigenvalue weighted by molar-refractivity contribution is -0.149. The first-order valence-corrected chi connectivity index (χ1v) is 6.71. The van der Waals surface area contributed by atoms with Crippen molar-refractivity contribution in [3.05, 3.63) is 33.8 Å². The van der Waals surface area contributed by atoms with E-state index in [1.807, 2.05) is 0 Å². The third-order valence-corrected chi connectivity index (χ3v) is 3.78. The van der Waals surface area contributed by atoms with E-state index in [1.54, 1.807) is 6.07 Å². The Hall–Kier alpha value is -1.05. The minimum atomic E-state index is -3.33. The summed E-state index contributed by atoms with van der Waals surface area (Å²) in [6.07, 6.45) is -1.68. The van der Waals surface area contributed by atoms with Crippen molar-refractivity contribution in [2.45, 2.75) is 18.6 Å². The number of esters is 1. The average Bonchev–Trinajstić information content (AvgIpc) is 2.91. The first-order valence-electron chi connectivity index (χ1n) is 5.92. The van der Waals surface area contributed by atoms with E-state index in [2.05, 4.69) is 20.7 Å². The van der Waals surface area contributed by atoms with Gasteiger partial charge in [0.1, 0.15) is 6.42 Å². The predicted molar refractivity (Wildman–Crippen MR) is 69.3 cm³/mol. The van der Waals surface area contributed by atoms with Gasteiger partial charge in [-0.1, -0.05) is 18.2 Å². The van der Waals surface area contributed by atoms with Crippen LogP contribution in [0.5, 0.6) is 0 Å². The van der Waals surface area contributed by atoms with Gasteiger partial charge in [-0.15, -0.1) is 0 Å². The second-order valence-electron chi connectivity index (χ2n) is 4.24. The maximum absolute atomic E-state index is 14.1. The third-order valence-electron chi connectivity index (χ3n) is 2.89. The predicted octanol–water partition coefficient (Wildman–Crippen LogP) is 3.15. The summed E-state index contributed by atoms with van der Waals surface area (Å²) in [5.41, 5.74) is 0.184. The smallest absolute Gasteiger partial charge is 0.312 e. The molecule has 0 aliphatic carbocycles. The average molecular weight is 351 g/mol. The van der Waals surface area contributed by atoms with E-state index in [1.165, 1.54) is 12.1 Å². The Labute approximate surface area is 123 Å². The number of hydrogen-bond donors (Lipinski definition) is 0. The molecule has 0 N–H and O–H groups in total. The van der Waals surface area contributed by atoms with Crippen LogP contribution in [-0.2, 0) is 24.9 Å². The summed E-state index contributed by atoms with van der Waals surface area (Å²) >= 11 is 3.15. The highest BCUT2D eigenvalue weighted by Gasteiger charge is 2.38. The van der Waals surface area contributed by atoms with E-state index >= 15 is 0 Å². The molecule has 110 valence electrons. The molecule has 1 aromatic rings. The van der Waals surface area contributed by atoms with Gasteiger partial charge >= 0.3 is 5.97 Å². The number of benzene rings is 1. The Morgan fingerprint density at radius 3 is 2.70 bits per heavy atom. The Morgan fingerprint density at radius 1 is 1.45 bits per heavy atom. The number of carbonyl (C=O) groups is 1. The zero-order valence-electron chi connectivity index (χ0n) is 10.7. The molecule has 1 saturated heterocycles. The summed E-state index contributed by atoms with van der Waals surface area (Å²) in [5, 5.41) is 0. The zero-order valence-corrected chi connectivity index (χ0v) is 12.3. The molecule has 1 aliphatic heterocycles. The lowest BCUT2D eigenvalue weighted by Crippen LogP contribution is -2.21. The summed E-state index contributed by atoms with van der Waals surface area (Å²) in [7, 11) is 1.07. The van der Waals surface area contributed by atoms with E-state index in [0.717, 1.165) is 7.11 Å². The summed E-state index contributed by atoms with van der Waals surface area (Å²) in [5.74, 6) is -4.30. The number of carbonyl (C=O) groups excluding carboxylic acids is 1. The molecule has 0 atom stereocenters. The Morgan fingerprint density at radius 2 is 2.10 bits per heavy atom. The molecule has 2 rings (SSSR count). The van der Waals surface area contributed by atoms with Gasteiger partial charge in [0.25, 0.3) is 5.92 Å². The Kier molecular flexibility index (Phi) is 4.72. The van der Waals surface area contributed by atoms with Crippen molar-refractivity contribution < 1.29 is 27.8 Å². The van der Waals surface area contributed by atoms with Gasteiger partial charge in [0.15, 0.2) is 6.29 Å². The fourth-order valence-corrected chi connectivity index (χ4v) is 2.64. The quantitative estimate of drug-likeness (QED) is 0.782. The summed E-state index contributed by atoms with van der Waals surface area (Å²) in [6, 6.07) is 4.37. The zero-order chi connectivity index (χ0) is 14.8. The molecule has 0 amide bonds. The molecule has 0 saturated carbocycles. The lowest BCUT2D eigenvalue weighted by atomic mass is 10.0. The van der Waals surface area contributed by atoms with E-state index in [0.29, 0.717) is 18.8 Å². The van der Waals surface area contributed by atoms with Crippen LogP contribution < -0.4 is 0 Å². The number of rotatable bonds is 4. The van der Waals surface area contributed by atoms with Gasteiger partial charge in [-0.3, -0.25) is 4.79 Å². The van der Waals surface area contributed by atoms with Crippen LogP contribution in [0.15, 0.2) is 22.7 Å². The lowest BCUT2D eigenvalue weighted by Gasteiger charge is -2.20. The highest BCUT2D eigenvalue weighted by atomic mass is 79.9. The van der Waals surface area contributed by atoms with Crippen molar-refractivity contribution in [2.75, 3.05) is 20.3 Å². The van der Waals surface area contributed by atoms with Crippen LogP contribution in [0.4, 0.5) is 8.78 Å². The van der Waals surface area contributed by atoms with Gasteiger partial charge in [0.05, 0.1) is 20.3 Å². The SMILES string of the molecule is COC(=O)CC(F)(F)c1cccc(C2OCCO2)c1Br. The highest BCUT2D eigenvalue weighted by Crippen LogP contribution is 2.41. The topological polar surface area (TPSA) is 44.8 Å². The molecule has 7 heteroatoms. The Balaban J connectivity index is 2.32.